The van der Waals surface area contributed by atoms with Crippen molar-refractivity contribution in [3.8, 4) is 33.6 Å². The van der Waals surface area contributed by atoms with Gasteiger partial charge in [-0.25, -0.2) is 4.98 Å². The first-order chi connectivity index (χ1) is 27.8. The molecule has 0 aliphatic rings. The number of aromatic nitrogens is 4. The van der Waals surface area contributed by atoms with Crippen molar-refractivity contribution in [3.63, 3.8) is 0 Å². The largest absolute Gasteiger partial charge is 0.337 e. The second-order valence-electron chi connectivity index (χ2n) is 13.5. The topological polar surface area (TPSA) is 60.9 Å². The van der Waals surface area contributed by atoms with Gasteiger partial charge in [-0.2, -0.15) is 8.75 Å². The number of nitrogens with one attached hydrogen (secondary N) is 1. The number of nitrogens with zero attached hydrogens (tertiary/aromatic N) is 5. The Morgan fingerprint density at radius 1 is 0.345 bits per heavy atom. The van der Waals surface area contributed by atoms with Gasteiger partial charge in [-0.15, -0.1) is 0 Å². The molecular formula is C51H42N6S. The van der Waals surface area contributed by atoms with Gasteiger partial charge in [0, 0.05) is 50.8 Å². The molecular weight excluding hydrogens is 729 g/mol. The normalized spacial score (nSPS) is 10.8. The van der Waals surface area contributed by atoms with Gasteiger partial charge in [0.1, 0.15) is 16.9 Å². The summed E-state index contributed by atoms with van der Waals surface area (Å²) in [4.78, 5) is 13.6. The van der Waals surface area contributed by atoms with Crippen molar-refractivity contribution in [2.45, 2.75) is 14.9 Å². The summed E-state index contributed by atoms with van der Waals surface area (Å²) in [6.07, 6.45) is 0. The number of hydrogen-bond acceptors (Lipinski definition) is 6. The maximum atomic E-state index is 5.32. The number of aromatic amines is 1. The molecule has 1 N–H and O–H groups in total. The van der Waals surface area contributed by atoms with Gasteiger partial charge in [-0.3, -0.25) is 0 Å². The highest BCUT2D eigenvalue weighted by molar-refractivity contribution is 7.00. The van der Waals surface area contributed by atoms with Crippen LogP contribution in [0, 0.1) is 0 Å². The lowest BCUT2D eigenvalue weighted by molar-refractivity contribution is 1.28. The minimum absolute atomic E-state index is 0. The van der Waals surface area contributed by atoms with E-state index in [1.165, 1.54) is 11.7 Å². The van der Waals surface area contributed by atoms with Gasteiger partial charge < -0.3 is 14.8 Å². The average molecular weight is 771 g/mol. The predicted molar refractivity (Wildman–Crippen MR) is 246 cm³/mol. The molecule has 282 valence electrons. The fourth-order valence-electron chi connectivity index (χ4n) is 7.53. The number of fused-ring (bicyclic) bond motifs is 2. The molecule has 2 heterocycles. The van der Waals surface area contributed by atoms with Gasteiger partial charge in [0.05, 0.1) is 22.8 Å². The Kier molecular flexibility index (Phi) is 10.6. The lowest BCUT2D eigenvalue weighted by Crippen LogP contribution is -2.09. The van der Waals surface area contributed by atoms with E-state index < -0.39 is 0 Å². The summed E-state index contributed by atoms with van der Waals surface area (Å²) in [5.41, 5.74) is 14.9. The second kappa shape index (κ2) is 16.4. The molecule has 10 rings (SSSR count). The van der Waals surface area contributed by atoms with Gasteiger partial charge in [0.25, 0.3) is 0 Å². The first-order valence-electron chi connectivity index (χ1n) is 18.5. The highest BCUT2D eigenvalue weighted by Crippen LogP contribution is 2.45. The highest BCUT2D eigenvalue weighted by atomic mass is 32.1. The van der Waals surface area contributed by atoms with Crippen molar-refractivity contribution in [1.82, 2.24) is 18.7 Å². The van der Waals surface area contributed by atoms with Crippen LogP contribution in [0.2, 0.25) is 0 Å². The molecule has 0 aliphatic heterocycles. The summed E-state index contributed by atoms with van der Waals surface area (Å²) in [6.45, 7) is 0. The fraction of sp³-hybridized carbons (Fsp3) is 0.0392. The van der Waals surface area contributed by atoms with Crippen molar-refractivity contribution in [1.29, 1.82) is 0 Å². The van der Waals surface area contributed by atoms with Crippen molar-refractivity contribution in [3.05, 3.63) is 200 Å². The summed E-state index contributed by atoms with van der Waals surface area (Å²) in [5, 5.41) is 0. The smallest absolute Gasteiger partial charge is 0.138 e. The Labute approximate surface area is 343 Å². The van der Waals surface area contributed by atoms with Crippen LogP contribution in [0.25, 0.3) is 55.7 Å². The van der Waals surface area contributed by atoms with Gasteiger partial charge in [0.15, 0.2) is 0 Å². The van der Waals surface area contributed by atoms with E-state index in [0.717, 1.165) is 89.8 Å². The zero-order chi connectivity index (χ0) is 37.3. The van der Waals surface area contributed by atoms with Gasteiger partial charge >= 0.3 is 0 Å². The number of rotatable bonds is 9. The van der Waals surface area contributed by atoms with E-state index in [2.05, 4.69) is 173 Å². The van der Waals surface area contributed by atoms with Gasteiger partial charge in [-0.05, 0) is 83.9 Å². The van der Waals surface area contributed by atoms with Crippen LogP contribution in [0.1, 0.15) is 14.9 Å². The molecule has 0 unspecified atom stereocenters. The Morgan fingerprint density at radius 2 is 0.690 bits per heavy atom. The zero-order valence-electron chi connectivity index (χ0n) is 30.2. The summed E-state index contributed by atoms with van der Waals surface area (Å²) >= 11 is 1.23. The Hall–Kier alpha value is -7.35. The van der Waals surface area contributed by atoms with E-state index in [1.54, 1.807) is 0 Å². The summed E-state index contributed by atoms with van der Waals surface area (Å²) in [5.74, 6) is 0.798. The third kappa shape index (κ3) is 6.89. The molecule has 10 aromatic rings. The van der Waals surface area contributed by atoms with E-state index in [9.17, 15) is 0 Å². The Morgan fingerprint density at radius 3 is 1.10 bits per heavy atom. The molecule has 0 bridgehead atoms. The maximum absolute atomic E-state index is 5.32. The SMILES string of the molecule is C.C.c1ccc(-c2nc3c(-c4ccc(N(c5ccccc5)c5ccccc5)cc4)c4nsnc4c(-c4ccc(N(c5ccccc5)c5ccccc5)cc4)c3[nH]2)cc1. The summed E-state index contributed by atoms with van der Waals surface area (Å²) in [6, 6.07) is 69.5. The van der Waals surface area contributed by atoms with Crippen LogP contribution < -0.4 is 9.80 Å². The van der Waals surface area contributed by atoms with Crippen molar-refractivity contribution in [2.24, 2.45) is 0 Å². The highest BCUT2D eigenvalue weighted by Gasteiger charge is 2.24. The van der Waals surface area contributed by atoms with Crippen LogP contribution in [0.5, 0.6) is 0 Å². The molecule has 6 nitrogen and oxygen atoms in total. The van der Waals surface area contributed by atoms with Gasteiger partial charge in [0.2, 0.25) is 0 Å². The van der Waals surface area contributed by atoms with Crippen LogP contribution in [0.4, 0.5) is 34.1 Å². The molecule has 58 heavy (non-hydrogen) atoms. The third-order valence-corrected chi connectivity index (χ3v) is 10.6. The number of para-hydroxylation sites is 4. The molecule has 0 fully saturated rings. The number of H-pyrrole nitrogens is 1. The summed E-state index contributed by atoms with van der Waals surface area (Å²) < 4.78 is 9.90. The molecule has 0 radical (unpaired) electrons. The third-order valence-electron chi connectivity index (χ3n) is 10.1. The molecule has 2 aromatic heterocycles. The van der Waals surface area contributed by atoms with E-state index in [1.807, 2.05) is 42.5 Å². The van der Waals surface area contributed by atoms with Crippen LogP contribution >= 0.6 is 11.7 Å². The van der Waals surface area contributed by atoms with Crippen LogP contribution in [0.3, 0.4) is 0 Å². The van der Waals surface area contributed by atoms with Crippen LogP contribution in [0.15, 0.2) is 200 Å². The number of imidazole rings is 1. The zero-order valence-corrected chi connectivity index (χ0v) is 31.0. The molecule has 0 spiro atoms. The average Bonchev–Trinajstić information content (AvgIpc) is 3.94. The molecule has 0 saturated carbocycles. The van der Waals surface area contributed by atoms with Crippen molar-refractivity contribution in [2.75, 3.05) is 9.80 Å². The molecule has 0 amide bonds. The lowest BCUT2D eigenvalue weighted by Gasteiger charge is -2.25. The van der Waals surface area contributed by atoms with Crippen molar-refractivity contribution < 1.29 is 0 Å². The number of hydrogen-bond donors (Lipinski definition) is 1. The Bertz CT molecular complexity index is 2620. The van der Waals surface area contributed by atoms with Crippen LogP contribution in [-0.4, -0.2) is 18.7 Å². The van der Waals surface area contributed by atoms with Crippen LogP contribution in [-0.2, 0) is 0 Å². The Balaban J connectivity index is 0.00000235. The molecule has 0 atom stereocenters. The fourth-order valence-corrected chi connectivity index (χ4v) is 8.09. The minimum Gasteiger partial charge on any atom is -0.337 e. The molecule has 7 heteroatoms. The van der Waals surface area contributed by atoms with Gasteiger partial charge in [-0.1, -0.05) is 142 Å². The summed E-state index contributed by atoms with van der Waals surface area (Å²) in [7, 11) is 0. The first-order valence-corrected chi connectivity index (χ1v) is 19.3. The first kappa shape index (κ1) is 37.6. The van der Waals surface area contributed by atoms with E-state index in [4.69, 9.17) is 13.7 Å². The number of anilines is 6. The van der Waals surface area contributed by atoms with E-state index in [-0.39, 0.29) is 14.9 Å². The molecule has 8 aromatic carbocycles. The molecule has 0 aliphatic carbocycles. The second-order valence-corrected chi connectivity index (χ2v) is 14.0. The lowest BCUT2D eigenvalue weighted by atomic mass is 9.95. The van der Waals surface area contributed by atoms with E-state index >= 15 is 0 Å². The van der Waals surface area contributed by atoms with Crippen molar-refractivity contribution >= 4 is 67.9 Å². The maximum Gasteiger partial charge on any atom is 0.138 e. The number of benzene rings is 8. The monoisotopic (exact) mass is 770 g/mol. The minimum atomic E-state index is 0. The standard InChI is InChI=1S/C49H34N6S.2CH4/c1-6-16-36(17-7-1)49-50-45-43(34-26-30-41(31-27-34)54(37-18-8-2-9-19-37)38-20-10-3-11-21-38)47-48(53-56-52-47)44(46(45)51-49)35-28-32-42(33-29-35)55(39-22-12-4-13-23-39)40-24-14-5-15-25-40;;/h1-33H,(H,50,51);2*1H4. The van der Waals surface area contributed by atoms with E-state index in [0.29, 0.717) is 0 Å². The predicted octanol–water partition coefficient (Wildman–Crippen LogP) is 14.8. The quantitative estimate of drug-likeness (QED) is 0.158. The molecule has 0 saturated heterocycles.